The van der Waals surface area contributed by atoms with Gasteiger partial charge in [-0.1, -0.05) is 6.92 Å². The second-order valence-corrected chi connectivity index (χ2v) is 4.18. The fourth-order valence-corrected chi connectivity index (χ4v) is 2.16. The van der Waals surface area contributed by atoms with Crippen LogP contribution in [0.4, 0.5) is 0 Å². The number of carbonyl (C=O) groups excluding carboxylic acids is 1. The monoisotopic (exact) mass is 192 g/mol. The highest BCUT2D eigenvalue weighted by molar-refractivity contribution is 5.77. The second kappa shape index (κ2) is 3.56. The maximum atomic E-state index is 11.0. The standard InChI is InChI=1S/C11H16N2O/c1-8-4-3-5-13-10(6-9(2)14)7-12-11(8)13/h7-8H,3-6H2,1-2H3. The third kappa shape index (κ3) is 1.59. The van der Waals surface area contributed by atoms with Crippen LogP contribution < -0.4 is 0 Å². The minimum absolute atomic E-state index is 0.214. The van der Waals surface area contributed by atoms with Gasteiger partial charge in [0, 0.05) is 30.8 Å². The Morgan fingerprint density at radius 1 is 1.71 bits per heavy atom. The van der Waals surface area contributed by atoms with E-state index in [-0.39, 0.29) is 5.78 Å². The highest BCUT2D eigenvalue weighted by atomic mass is 16.1. The Kier molecular flexibility index (Phi) is 2.40. The summed E-state index contributed by atoms with van der Waals surface area (Å²) in [5.41, 5.74) is 1.08. The zero-order valence-electron chi connectivity index (χ0n) is 8.79. The topological polar surface area (TPSA) is 34.9 Å². The fraction of sp³-hybridized carbons (Fsp3) is 0.636. The molecule has 0 amide bonds. The number of hydrogen-bond acceptors (Lipinski definition) is 2. The number of carbonyl (C=O) groups is 1. The number of ketones is 1. The number of hydrogen-bond donors (Lipinski definition) is 0. The van der Waals surface area contributed by atoms with Crippen LogP contribution in [0.5, 0.6) is 0 Å². The van der Waals surface area contributed by atoms with Crippen LogP contribution in [0.2, 0.25) is 0 Å². The Bertz CT molecular complexity index is 354. The smallest absolute Gasteiger partial charge is 0.135 e. The number of fused-ring (bicyclic) bond motifs is 1. The van der Waals surface area contributed by atoms with Gasteiger partial charge in [0.15, 0.2) is 0 Å². The Hall–Kier alpha value is -1.12. The van der Waals surface area contributed by atoms with Gasteiger partial charge in [-0.3, -0.25) is 4.79 Å². The van der Waals surface area contributed by atoms with Crippen molar-refractivity contribution in [3.63, 3.8) is 0 Å². The van der Waals surface area contributed by atoms with Crippen molar-refractivity contribution in [1.82, 2.24) is 9.55 Å². The first-order valence-electron chi connectivity index (χ1n) is 5.22. The highest BCUT2D eigenvalue weighted by Gasteiger charge is 2.20. The van der Waals surface area contributed by atoms with Crippen LogP contribution in [-0.2, 0) is 17.8 Å². The van der Waals surface area contributed by atoms with E-state index in [4.69, 9.17) is 0 Å². The average molecular weight is 192 g/mol. The van der Waals surface area contributed by atoms with Gasteiger partial charge in [0.05, 0.1) is 0 Å². The quantitative estimate of drug-likeness (QED) is 0.717. The third-order valence-corrected chi connectivity index (χ3v) is 2.86. The van der Waals surface area contributed by atoms with E-state index in [1.807, 2.05) is 6.20 Å². The van der Waals surface area contributed by atoms with Crippen molar-refractivity contribution in [1.29, 1.82) is 0 Å². The summed E-state index contributed by atoms with van der Waals surface area (Å²) in [6.45, 7) is 4.87. The van der Waals surface area contributed by atoms with E-state index in [0.717, 1.165) is 18.1 Å². The molecule has 0 bridgehead atoms. The molecule has 3 nitrogen and oxygen atoms in total. The van der Waals surface area contributed by atoms with Gasteiger partial charge in [-0.25, -0.2) is 4.98 Å². The number of imidazole rings is 1. The number of nitrogens with zero attached hydrogens (tertiary/aromatic N) is 2. The van der Waals surface area contributed by atoms with Crippen molar-refractivity contribution in [3.05, 3.63) is 17.7 Å². The van der Waals surface area contributed by atoms with E-state index < -0.39 is 0 Å². The van der Waals surface area contributed by atoms with Gasteiger partial charge in [0.1, 0.15) is 11.6 Å². The van der Waals surface area contributed by atoms with Crippen molar-refractivity contribution in [2.75, 3.05) is 0 Å². The van der Waals surface area contributed by atoms with E-state index in [0.29, 0.717) is 12.3 Å². The summed E-state index contributed by atoms with van der Waals surface area (Å²) in [5.74, 6) is 1.92. The molecule has 1 unspecified atom stereocenters. The Morgan fingerprint density at radius 2 is 2.50 bits per heavy atom. The van der Waals surface area contributed by atoms with Crippen molar-refractivity contribution in [3.8, 4) is 0 Å². The van der Waals surface area contributed by atoms with Gasteiger partial charge < -0.3 is 4.57 Å². The minimum atomic E-state index is 0.214. The number of Topliss-reactive ketones (excluding diaryl/α,β-unsaturated/α-hetero) is 1. The Morgan fingerprint density at radius 3 is 3.21 bits per heavy atom. The van der Waals surface area contributed by atoms with Crippen molar-refractivity contribution in [2.24, 2.45) is 0 Å². The van der Waals surface area contributed by atoms with Gasteiger partial charge in [-0.2, -0.15) is 0 Å². The van der Waals surface area contributed by atoms with Gasteiger partial charge in [-0.15, -0.1) is 0 Å². The minimum Gasteiger partial charge on any atom is -0.331 e. The average Bonchev–Trinajstić information content (AvgIpc) is 2.49. The van der Waals surface area contributed by atoms with Crippen molar-refractivity contribution >= 4 is 5.78 Å². The largest absolute Gasteiger partial charge is 0.331 e. The molecule has 0 saturated carbocycles. The van der Waals surface area contributed by atoms with Crippen LogP contribution in [0, 0.1) is 0 Å². The molecule has 2 rings (SSSR count). The zero-order valence-corrected chi connectivity index (χ0v) is 8.79. The molecular weight excluding hydrogens is 176 g/mol. The number of rotatable bonds is 2. The molecule has 3 heteroatoms. The van der Waals surface area contributed by atoms with Crippen LogP contribution in [0.15, 0.2) is 6.20 Å². The number of aromatic nitrogens is 2. The summed E-state index contributed by atoms with van der Waals surface area (Å²) in [5, 5.41) is 0. The molecule has 0 fully saturated rings. The summed E-state index contributed by atoms with van der Waals surface area (Å²) >= 11 is 0. The molecule has 1 aliphatic rings. The predicted octanol–water partition coefficient (Wildman–Crippen LogP) is 1.91. The maximum absolute atomic E-state index is 11.0. The van der Waals surface area contributed by atoms with E-state index in [1.54, 1.807) is 6.92 Å². The first kappa shape index (κ1) is 9.44. The normalized spacial score (nSPS) is 20.6. The Labute approximate surface area is 84.1 Å². The summed E-state index contributed by atoms with van der Waals surface area (Å²) in [7, 11) is 0. The summed E-state index contributed by atoms with van der Waals surface area (Å²) in [6.07, 6.45) is 4.81. The van der Waals surface area contributed by atoms with E-state index >= 15 is 0 Å². The van der Waals surface area contributed by atoms with Gasteiger partial charge in [-0.05, 0) is 19.8 Å². The summed E-state index contributed by atoms with van der Waals surface area (Å²) in [4.78, 5) is 15.4. The molecule has 14 heavy (non-hydrogen) atoms. The lowest BCUT2D eigenvalue weighted by atomic mass is 10.0. The highest BCUT2D eigenvalue weighted by Crippen LogP contribution is 2.26. The van der Waals surface area contributed by atoms with Crippen molar-refractivity contribution in [2.45, 2.75) is 45.6 Å². The lowest BCUT2D eigenvalue weighted by molar-refractivity contribution is -0.116. The molecule has 0 N–H and O–H groups in total. The summed E-state index contributed by atoms with van der Waals surface area (Å²) < 4.78 is 2.22. The lowest BCUT2D eigenvalue weighted by Gasteiger charge is -2.21. The van der Waals surface area contributed by atoms with Gasteiger partial charge in [0.25, 0.3) is 0 Å². The lowest BCUT2D eigenvalue weighted by Crippen LogP contribution is -2.17. The van der Waals surface area contributed by atoms with Gasteiger partial charge >= 0.3 is 0 Å². The van der Waals surface area contributed by atoms with Crippen LogP contribution >= 0.6 is 0 Å². The molecule has 0 spiro atoms. The van der Waals surface area contributed by atoms with Gasteiger partial charge in [0.2, 0.25) is 0 Å². The molecular formula is C11H16N2O. The molecule has 1 aromatic heterocycles. The first-order valence-corrected chi connectivity index (χ1v) is 5.22. The second-order valence-electron chi connectivity index (χ2n) is 4.18. The maximum Gasteiger partial charge on any atom is 0.135 e. The molecule has 0 aromatic carbocycles. The summed E-state index contributed by atoms with van der Waals surface area (Å²) in [6, 6.07) is 0. The van der Waals surface area contributed by atoms with Crippen LogP contribution in [-0.4, -0.2) is 15.3 Å². The molecule has 1 aliphatic heterocycles. The van der Waals surface area contributed by atoms with E-state index in [2.05, 4.69) is 16.5 Å². The van der Waals surface area contributed by atoms with Crippen LogP contribution in [0.25, 0.3) is 0 Å². The predicted molar refractivity (Wildman–Crippen MR) is 54.3 cm³/mol. The third-order valence-electron chi connectivity index (χ3n) is 2.86. The first-order chi connectivity index (χ1) is 6.68. The van der Waals surface area contributed by atoms with E-state index in [9.17, 15) is 4.79 Å². The van der Waals surface area contributed by atoms with Crippen LogP contribution in [0.1, 0.15) is 44.1 Å². The zero-order chi connectivity index (χ0) is 10.1. The molecule has 0 radical (unpaired) electrons. The molecule has 1 aromatic rings. The fourth-order valence-electron chi connectivity index (χ4n) is 2.16. The molecule has 0 saturated heterocycles. The van der Waals surface area contributed by atoms with Crippen molar-refractivity contribution < 1.29 is 4.79 Å². The molecule has 0 aliphatic carbocycles. The molecule has 76 valence electrons. The molecule has 1 atom stereocenters. The SMILES string of the molecule is CC(=O)Cc1cnc2n1CCCC2C. The van der Waals surface area contributed by atoms with E-state index in [1.165, 1.54) is 12.8 Å². The molecule has 2 heterocycles. The Balaban J connectivity index is 2.31. The van der Waals surface area contributed by atoms with Crippen LogP contribution in [0.3, 0.4) is 0 Å².